The molecule has 2 aliphatic heterocycles. The van der Waals surface area contributed by atoms with Gasteiger partial charge in [-0.3, -0.25) is 4.90 Å². The van der Waals surface area contributed by atoms with Crippen LogP contribution in [0.4, 0.5) is 5.82 Å². The molecule has 2 aromatic heterocycles. The Labute approximate surface area is 149 Å². The van der Waals surface area contributed by atoms with Gasteiger partial charge in [-0.15, -0.1) is 0 Å². The van der Waals surface area contributed by atoms with Crippen LogP contribution >= 0.6 is 0 Å². The minimum absolute atomic E-state index is 0.289. The van der Waals surface area contributed by atoms with Crippen molar-refractivity contribution in [1.82, 2.24) is 9.88 Å². The van der Waals surface area contributed by atoms with E-state index in [2.05, 4.69) is 42.0 Å². The molecular formula is C20H27N3O2. The number of furan rings is 1. The molecule has 0 spiro atoms. The zero-order valence-corrected chi connectivity index (χ0v) is 15.1. The molecule has 0 bridgehead atoms. The Bertz CT molecular complexity index is 688. The lowest BCUT2D eigenvalue weighted by atomic mass is 9.84. The van der Waals surface area contributed by atoms with Crippen molar-refractivity contribution in [2.24, 2.45) is 11.8 Å². The molecule has 2 saturated heterocycles. The number of hydrogen-bond donors (Lipinski definition) is 0. The molecule has 3 atom stereocenters. The second-order valence-electron chi connectivity index (χ2n) is 7.44. The van der Waals surface area contributed by atoms with Crippen LogP contribution in [0.25, 0.3) is 0 Å². The summed E-state index contributed by atoms with van der Waals surface area (Å²) in [5.41, 5.74) is 1.08. The van der Waals surface area contributed by atoms with Crippen molar-refractivity contribution >= 4 is 5.82 Å². The summed E-state index contributed by atoms with van der Waals surface area (Å²) in [6.07, 6.45) is 3.22. The summed E-state index contributed by atoms with van der Waals surface area (Å²) in [4.78, 5) is 9.44. The first-order valence-electron chi connectivity index (χ1n) is 9.20. The largest absolute Gasteiger partial charge is 0.468 e. The topological polar surface area (TPSA) is 41.7 Å². The zero-order valence-electron chi connectivity index (χ0n) is 15.1. The summed E-state index contributed by atoms with van der Waals surface area (Å²) < 4.78 is 11.6. The molecule has 4 heterocycles. The fourth-order valence-corrected chi connectivity index (χ4v) is 4.17. The molecule has 5 nitrogen and oxygen atoms in total. The van der Waals surface area contributed by atoms with E-state index in [9.17, 15) is 0 Å². The highest BCUT2D eigenvalue weighted by Gasteiger charge is 2.41. The van der Waals surface area contributed by atoms with Crippen LogP contribution in [0.1, 0.15) is 17.9 Å². The van der Waals surface area contributed by atoms with Crippen LogP contribution in [-0.4, -0.2) is 49.3 Å². The van der Waals surface area contributed by atoms with Crippen LogP contribution in [-0.2, 0) is 11.3 Å². The molecule has 0 amide bonds. The molecule has 0 aliphatic carbocycles. The highest BCUT2D eigenvalue weighted by Crippen LogP contribution is 2.36. The SMILES string of the molecule is Cc1cccc(N2CC[C@H]3CO[C@H](CN(C)Cc4ccco4)[C@H]3C2)n1. The molecular weight excluding hydrogens is 314 g/mol. The Morgan fingerprint density at radius 3 is 3.00 bits per heavy atom. The Balaban J connectivity index is 1.39. The van der Waals surface area contributed by atoms with E-state index in [0.717, 1.165) is 50.1 Å². The first-order chi connectivity index (χ1) is 12.2. The van der Waals surface area contributed by atoms with Gasteiger partial charge in [-0.2, -0.15) is 0 Å². The molecule has 134 valence electrons. The molecule has 0 unspecified atom stereocenters. The maximum atomic E-state index is 6.18. The van der Waals surface area contributed by atoms with Crippen LogP contribution in [0.15, 0.2) is 41.0 Å². The number of ether oxygens (including phenoxy) is 1. The van der Waals surface area contributed by atoms with Crippen LogP contribution in [0.2, 0.25) is 0 Å². The van der Waals surface area contributed by atoms with Crippen LogP contribution < -0.4 is 4.90 Å². The number of pyridine rings is 1. The molecule has 2 fully saturated rings. The number of nitrogens with zero attached hydrogens (tertiary/aromatic N) is 3. The lowest BCUT2D eigenvalue weighted by Gasteiger charge is -2.37. The monoisotopic (exact) mass is 341 g/mol. The lowest BCUT2D eigenvalue weighted by Crippen LogP contribution is -2.45. The molecule has 0 radical (unpaired) electrons. The molecule has 2 aliphatic rings. The van der Waals surface area contributed by atoms with E-state index >= 15 is 0 Å². The Morgan fingerprint density at radius 2 is 2.20 bits per heavy atom. The summed E-state index contributed by atoms with van der Waals surface area (Å²) in [6.45, 7) is 6.85. The van der Waals surface area contributed by atoms with Crippen molar-refractivity contribution in [3.8, 4) is 0 Å². The average Bonchev–Trinajstić information content (AvgIpc) is 3.25. The van der Waals surface area contributed by atoms with Gasteiger partial charge in [0, 0.05) is 31.2 Å². The molecule has 25 heavy (non-hydrogen) atoms. The standard InChI is InChI=1S/C20H27N3O2/c1-15-5-3-7-20(21-15)23-9-8-16-14-25-19(18(16)12-23)13-22(2)11-17-6-4-10-24-17/h3-7,10,16,18-19H,8-9,11-14H2,1-2H3/t16-,18-,19+/m0/s1. The van der Waals surface area contributed by atoms with Crippen molar-refractivity contribution < 1.29 is 9.15 Å². The Morgan fingerprint density at radius 1 is 1.28 bits per heavy atom. The summed E-state index contributed by atoms with van der Waals surface area (Å²) in [5.74, 6) is 3.37. The molecule has 0 saturated carbocycles. The van der Waals surface area contributed by atoms with Gasteiger partial charge >= 0.3 is 0 Å². The molecule has 0 N–H and O–H groups in total. The predicted molar refractivity (Wildman–Crippen MR) is 97.6 cm³/mol. The van der Waals surface area contributed by atoms with Crippen molar-refractivity contribution in [3.63, 3.8) is 0 Å². The number of aromatic nitrogens is 1. The fraction of sp³-hybridized carbons (Fsp3) is 0.550. The third-order valence-corrected chi connectivity index (χ3v) is 5.50. The fourth-order valence-electron chi connectivity index (χ4n) is 4.17. The third-order valence-electron chi connectivity index (χ3n) is 5.50. The van der Waals surface area contributed by atoms with Gasteiger partial charge in [0.25, 0.3) is 0 Å². The van der Waals surface area contributed by atoms with Crippen LogP contribution in [0.3, 0.4) is 0 Å². The van der Waals surface area contributed by atoms with Crippen molar-refractivity contribution in [2.45, 2.75) is 26.0 Å². The highest BCUT2D eigenvalue weighted by atomic mass is 16.5. The number of rotatable bonds is 5. The number of hydrogen-bond acceptors (Lipinski definition) is 5. The number of aryl methyl sites for hydroxylation is 1. The zero-order chi connectivity index (χ0) is 17.2. The van der Waals surface area contributed by atoms with E-state index in [1.54, 1.807) is 6.26 Å². The maximum Gasteiger partial charge on any atom is 0.128 e. The Kier molecular flexibility index (Phi) is 4.77. The summed E-state index contributed by atoms with van der Waals surface area (Å²) in [6, 6.07) is 10.3. The summed E-state index contributed by atoms with van der Waals surface area (Å²) >= 11 is 0. The van der Waals surface area contributed by atoms with Gasteiger partial charge in [0.15, 0.2) is 0 Å². The third kappa shape index (κ3) is 3.72. The first-order valence-corrected chi connectivity index (χ1v) is 9.20. The molecule has 4 rings (SSSR count). The molecule has 5 heteroatoms. The van der Waals surface area contributed by atoms with E-state index in [-0.39, 0.29) is 6.10 Å². The normalized spacial score (nSPS) is 26.2. The minimum Gasteiger partial charge on any atom is -0.468 e. The van der Waals surface area contributed by atoms with E-state index < -0.39 is 0 Å². The van der Waals surface area contributed by atoms with Gasteiger partial charge in [-0.05, 0) is 50.6 Å². The van der Waals surface area contributed by atoms with E-state index in [4.69, 9.17) is 14.1 Å². The maximum absolute atomic E-state index is 6.18. The predicted octanol–water partition coefficient (Wildman–Crippen LogP) is 2.96. The number of likely N-dealkylation sites (N-methyl/N-ethyl adjacent to an activating group) is 1. The first kappa shape index (κ1) is 16.6. The van der Waals surface area contributed by atoms with Gasteiger partial charge in [-0.1, -0.05) is 6.07 Å². The summed E-state index contributed by atoms with van der Waals surface area (Å²) in [7, 11) is 2.14. The van der Waals surface area contributed by atoms with Gasteiger partial charge in [-0.25, -0.2) is 4.98 Å². The number of anilines is 1. The number of fused-ring (bicyclic) bond motifs is 1. The highest BCUT2D eigenvalue weighted by molar-refractivity contribution is 5.40. The smallest absolute Gasteiger partial charge is 0.128 e. The molecule has 2 aromatic rings. The summed E-state index contributed by atoms with van der Waals surface area (Å²) in [5, 5.41) is 0. The van der Waals surface area contributed by atoms with Crippen LogP contribution in [0.5, 0.6) is 0 Å². The van der Waals surface area contributed by atoms with E-state index in [1.807, 2.05) is 12.1 Å². The number of piperidine rings is 1. The quantitative estimate of drug-likeness (QED) is 0.836. The van der Waals surface area contributed by atoms with E-state index in [0.29, 0.717) is 11.8 Å². The Hall–Kier alpha value is -1.85. The average molecular weight is 341 g/mol. The van der Waals surface area contributed by atoms with Gasteiger partial charge in [0.2, 0.25) is 0 Å². The van der Waals surface area contributed by atoms with Gasteiger partial charge < -0.3 is 14.1 Å². The van der Waals surface area contributed by atoms with Crippen LogP contribution in [0, 0.1) is 18.8 Å². The van der Waals surface area contributed by atoms with Gasteiger partial charge in [0.05, 0.1) is 25.5 Å². The second-order valence-corrected chi connectivity index (χ2v) is 7.44. The minimum atomic E-state index is 0.289. The lowest BCUT2D eigenvalue weighted by molar-refractivity contribution is 0.0595. The van der Waals surface area contributed by atoms with Crippen molar-refractivity contribution in [2.75, 3.05) is 38.2 Å². The molecule has 0 aromatic carbocycles. The van der Waals surface area contributed by atoms with Crippen molar-refractivity contribution in [1.29, 1.82) is 0 Å². The second kappa shape index (κ2) is 7.18. The van der Waals surface area contributed by atoms with E-state index in [1.165, 1.54) is 6.42 Å². The van der Waals surface area contributed by atoms with Crippen molar-refractivity contribution in [3.05, 3.63) is 48.0 Å². The van der Waals surface area contributed by atoms with Gasteiger partial charge in [0.1, 0.15) is 11.6 Å².